The summed E-state index contributed by atoms with van der Waals surface area (Å²) in [5.74, 6) is -1.42. The molecule has 0 bridgehead atoms. The van der Waals surface area contributed by atoms with Crippen LogP contribution in [0.5, 0.6) is 0 Å². The van der Waals surface area contributed by atoms with Crippen molar-refractivity contribution in [1.82, 2.24) is 0 Å². The van der Waals surface area contributed by atoms with E-state index in [1.165, 1.54) is 12.1 Å². The SMILES string of the molecule is Cc1cc(Cl)ccc1NC(=O)COC(=O)c1cc(S(N)(=O)=O)ccc1Br. The average molecular weight is 462 g/mol. The van der Waals surface area contributed by atoms with Crippen molar-refractivity contribution in [3.8, 4) is 0 Å². The van der Waals surface area contributed by atoms with Gasteiger partial charge in [-0.05, 0) is 64.8 Å². The first-order valence-electron chi connectivity index (χ1n) is 7.13. The third kappa shape index (κ3) is 5.28. The fourth-order valence-electron chi connectivity index (χ4n) is 2.00. The predicted octanol–water partition coefficient (Wildman–Crippen LogP) is 2.85. The lowest BCUT2D eigenvalue weighted by Gasteiger charge is -2.10. The summed E-state index contributed by atoms with van der Waals surface area (Å²) >= 11 is 8.97. The van der Waals surface area contributed by atoms with E-state index in [0.29, 0.717) is 15.2 Å². The van der Waals surface area contributed by atoms with Crippen molar-refractivity contribution >= 4 is 55.1 Å². The van der Waals surface area contributed by atoms with Crippen LogP contribution in [0.4, 0.5) is 5.69 Å². The first-order valence-corrected chi connectivity index (χ1v) is 9.85. The van der Waals surface area contributed by atoms with E-state index in [-0.39, 0.29) is 10.5 Å². The molecule has 0 aliphatic heterocycles. The average Bonchev–Trinajstić information content (AvgIpc) is 2.54. The molecule has 0 aliphatic carbocycles. The van der Waals surface area contributed by atoms with Gasteiger partial charge in [0, 0.05) is 15.2 Å². The topological polar surface area (TPSA) is 116 Å². The van der Waals surface area contributed by atoms with Crippen molar-refractivity contribution in [2.45, 2.75) is 11.8 Å². The number of nitrogens with two attached hydrogens (primary N) is 1. The lowest BCUT2D eigenvalue weighted by molar-refractivity contribution is -0.119. The number of halogens is 2. The zero-order valence-electron chi connectivity index (χ0n) is 13.5. The van der Waals surface area contributed by atoms with E-state index in [1.54, 1.807) is 25.1 Å². The van der Waals surface area contributed by atoms with Gasteiger partial charge in [0.05, 0.1) is 10.5 Å². The van der Waals surface area contributed by atoms with Crippen LogP contribution in [0.3, 0.4) is 0 Å². The molecular formula is C16H14BrClN2O5S. The largest absolute Gasteiger partial charge is 0.452 e. The van der Waals surface area contributed by atoms with E-state index >= 15 is 0 Å². The normalized spacial score (nSPS) is 11.1. The zero-order valence-corrected chi connectivity index (χ0v) is 16.6. The van der Waals surface area contributed by atoms with Gasteiger partial charge in [0.2, 0.25) is 10.0 Å². The highest BCUT2D eigenvalue weighted by atomic mass is 79.9. The maximum Gasteiger partial charge on any atom is 0.339 e. The van der Waals surface area contributed by atoms with Crippen LogP contribution in [0.2, 0.25) is 5.02 Å². The molecule has 2 aromatic carbocycles. The number of benzene rings is 2. The Labute approximate surface area is 163 Å². The monoisotopic (exact) mass is 460 g/mol. The second-order valence-corrected chi connectivity index (χ2v) is 8.12. The summed E-state index contributed by atoms with van der Waals surface area (Å²) in [6, 6.07) is 8.59. The molecule has 1 amide bonds. The highest BCUT2D eigenvalue weighted by Gasteiger charge is 2.18. The van der Waals surface area contributed by atoms with Crippen molar-refractivity contribution in [3.63, 3.8) is 0 Å². The number of rotatable bonds is 5. The zero-order chi connectivity index (χ0) is 19.5. The van der Waals surface area contributed by atoms with Crippen molar-refractivity contribution in [3.05, 3.63) is 57.0 Å². The van der Waals surface area contributed by atoms with Crippen molar-refractivity contribution in [2.24, 2.45) is 5.14 Å². The smallest absolute Gasteiger partial charge is 0.339 e. The van der Waals surface area contributed by atoms with Gasteiger partial charge in [-0.2, -0.15) is 0 Å². The predicted molar refractivity (Wildman–Crippen MR) is 101 cm³/mol. The number of ether oxygens (including phenoxy) is 1. The molecule has 10 heteroatoms. The lowest BCUT2D eigenvalue weighted by Crippen LogP contribution is -2.22. The Kier molecular flexibility index (Phi) is 6.40. The van der Waals surface area contributed by atoms with E-state index < -0.39 is 28.5 Å². The van der Waals surface area contributed by atoms with Crippen LogP contribution in [-0.4, -0.2) is 26.9 Å². The third-order valence-electron chi connectivity index (χ3n) is 3.28. The molecule has 2 aromatic rings. The standard InChI is InChI=1S/C16H14BrClN2O5S/c1-9-6-10(18)2-5-14(9)20-15(21)8-25-16(22)12-7-11(26(19,23)24)3-4-13(12)17/h2-7H,8H2,1H3,(H,20,21)(H2,19,23,24). The molecule has 0 unspecified atom stereocenters. The molecule has 0 aromatic heterocycles. The van der Waals surface area contributed by atoms with Crippen molar-refractivity contribution in [2.75, 3.05) is 11.9 Å². The van der Waals surface area contributed by atoms with Crippen molar-refractivity contribution in [1.29, 1.82) is 0 Å². The number of nitrogens with one attached hydrogen (secondary N) is 1. The van der Waals surface area contributed by atoms with Gasteiger partial charge in [-0.25, -0.2) is 18.4 Å². The minimum Gasteiger partial charge on any atom is -0.452 e. The maximum atomic E-state index is 12.1. The molecule has 0 fully saturated rings. The fourth-order valence-corrected chi connectivity index (χ4v) is 3.18. The Morgan fingerprint density at radius 2 is 1.92 bits per heavy atom. The summed E-state index contributed by atoms with van der Waals surface area (Å²) in [6.07, 6.45) is 0. The van der Waals surface area contributed by atoms with Crippen LogP contribution in [0.25, 0.3) is 0 Å². The van der Waals surface area contributed by atoms with Gasteiger partial charge >= 0.3 is 5.97 Å². The molecule has 0 aliphatic rings. The van der Waals surface area contributed by atoms with Gasteiger partial charge < -0.3 is 10.1 Å². The Morgan fingerprint density at radius 1 is 1.23 bits per heavy atom. The molecule has 138 valence electrons. The summed E-state index contributed by atoms with van der Waals surface area (Å²) in [4.78, 5) is 23.8. The van der Waals surface area contributed by atoms with E-state index in [1.807, 2.05) is 0 Å². The quantitative estimate of drug-likeness (QED) is 0.664. The molecular weight excluding hydrogens is 448 g/mol. The Balaban J connectivity index is 2.05. The summed E-state index contributed by atoms with van der Waals surface area (Å²) in [5.41, 5.74) is 1.22. The highest BCUT2D eigenvalue weighted by Crippen LogP contribution is 2.22. The Bertz CT molecular complexity index is 979. The summed E-state index contributed by atoms with van der Waals surface area (Å²) in [7, 11) is -3.97. The van der Waals surface area contributed by atoms with E-state index in [0.717, 1.165) is 11.6 Å². The van der Waals surface area contributed by atoms with Crippen LogP contribution >= 0.6 is 27.5 Å². The van der Waals surface area contributed by atoms with Crippen LogP contribution in [0.1, 0.15) is 15.9 Å². The van der Waals surface area contributed by atoms with Crippen LogP contribution in [0.15, 0.2) is 45.8 Å². The minimum absolute atomic E-state index is 0.0630. The number of amides is 1. The number of hydrogen-bond donors (Lipinski definition) is 2. The summed E-state index contributed by atoms with van der Waals surface area (Å²) < 4.78 is 28.0. The van der Waals surface area contributed by atoms with Crippen LogP contribution in [0, 0.1) is 6.92 Å². The number of sulfonamides is 1. The number of hydrogen-bond acceptors (Lipinski definition) is 5. The molecule has 0 heterocycles. The first-order chi connectivity index (χ1) is 12.1. The number of carbonyl (C=O) groups excluding carboxylic acids is 2. The molecule has 0 saturated carbocycles. The van der Waals surface area contributed by atoms with E-state index in [2.05, 4.69) is 21.2 Å². The molecule has 2 rings (SSSR count). The summed E-state index contributed by atoms with van der Waals surface area (Å²) in [5, 5.41) is 8.17. The van der Waals surface area contributed by atoms with E-state index in [9.17, 15) is 18.0 Å². The Hall–Kier alpha value is -1.94. The number of primary sulfonamides is 1. The number of esters is 1. The molecule has 7 nitrogen and oxygen atoms in total. The second-order valence-electron chi connectivity index (χ2n) is 5.27. The first kappa shape index (κ1) is 20.4. The highest BCUT2D eigenvalue weighted by molar-refractivity contribution is 9.10. The second kappa shape index (κ2) is 8.17. The van der Waals surface area contributed by atoms with Crippen LogP contribution < -0.4 is 10.5 Å². The van der Waals surface area contributed by atoms with Gasteiger partial charge in [0.25, 0.3) is 5.91 Å². The summed E-state index contributed by atoms with van der Waals surface area (Å²) in [6.45, 7) is 1.22. The number of anilines is 1. The van der Waals surface area contributed by atoms with Crippen LogP contribution in [-0.2, 0) is 19.6 Å². The van der Waals surface area contributed by atoms with E-state index in [4.69, 9.17) is 21.5 Å². The van der Waals surface area contributed by atoms with Gasteiger partial charge in [0.1, 0.15) is 0 Å². The van der Waals surface area contributed by atoms with Gasteiger partial charge in [-0.15, -0.1) is 0 Å². The molecule has 0 saturated heterocycles. The molecule has 0 atom stereocenters. The number of aryl methyl sites for hydroxylation is 1. The molecule has 0 spiro atoms. The molecule has 3 N–H and O–H groups in total. The molecule has 0 radical (unpaired) electrons. The molecule has 26 heavy (non-hydrogen) atoms. The minimum atomic E-state index is -3.97. The van der Waals surface area contributed by atoms with Gasteiger partial charge in [0.15, 0.2) is 6.61 Å². The van der Waals surface area contributed by atoms with Gasteiger partial charge in [-0.1, -0.05) is 11.6 Å². The number of carbonyl (C=O) groups is 2. The van der Waals surface area contributed by atoms with Crippen molar-refractivity contribution < 1.29 is 22.7 Å². The lowest BCUT2D eigenvalue weighted by atomic mass is 10.2. The van der Waals surface area contributed by atoms with Gasteiger partial charge in [-0.3, -0.25) is 4.79 Å². The third-order valence-corrected chi connectivity index (χ3v) is 5.12. The Morgan fingerprint density at radius 3 is 2.54 bits per heavy atom. The maximum absolute atomic E-state index is 12.1. The fraction of sp³-hybridized carbons (Fsp3) is 0.125.